The van der Waals surface area contributed by atoms with E-state index in [-0.39, 0.29) is 5.43 Å². The zero-order valence-corrected chi connectivity index (χ0v) is 16.0. The SMILES string of the molecule is CCc1c(OC)cc2c(=O)cc(-c3ccc(OC)c(OC)c3)oc2c1OC. The molecule has 0 radical (unpaired) electrons. The maximum atomic E-state index is 12.8. The summed E-state index contributed by atoms with van der Waals surface area (Å²) in [7, 11) is 6.25. The summed E-state index contributed by atoms with van der Waals surface area (Å²) in [6.07, 6.45) is 0.673. The number of ether oxygens (including phenoxy) is 4. The normalized spacial score (nSPS) is 10.7. The largest absolute Gasteiger partial charge is 0.496 e. The molecule has 6 heteroatoms. The van der Waals surface area contributed by atoms with Crippen molar-refractivity contribution in [3.05, 3.63) is 46.1 Å². The third kappa shape index (κ3) is 3.18. The van der Waals surface area contributed by atoms with E-state index in [2.05, 4.69) is 0 Å². The predicted octanol–water partition coefficient (Wildman–Crippen LogP) is 4.06. The zero-order valence-electron chi connectivity index (χ0n) is 16.0. The van der Waals surface area contributed by atoms with Crippen molar-refractivity contribution in [3.63, 3.8) is 0 Å². The molecule has 0 aliphatic heterocycles. The Morgan fingerprint density at radius 3 is 2.15 bits per heavy atom. The monoisotopic (exact) mass is 370 g/mol. The van der Waals surface area contributed by atoms with Crippen molar-refractivity contribution in [2.45, 2.75) is 13.3 Å². The molecule has 1 heterocycles. The van der Waals surface area contributed by atoms with Crippen LogP contribution in [-0.2, 0) is 6.42 Å². The molecule has 0 bridgehead atoms. The van der Waals surface area contributed by atoms with Gasteiger partial charge in [-0.25, -0.2) is 0 Å². The van der Waals surface area contributed by atoms with Gasteiger partial charge in [-0.05, 0) is 30.7 Å². The van der Waals surface area contributed by atoms with Gasteiger partial charge in [-0.2, -0.15) is 0 Å². The summed E-state index contributed by atoms with van der Waals surface area (Å²) in [5.41, 5.74) is 1.76. The minimum Gasteiger partial charge on any atom is -0.496 e. The summed E-state index contributed by atoms with van der Waals surface area (Å²) in [6.45, 7) is 1.99. The zero-order chi connectivity index (χ0) is 19.6. The lowest BCUT2D eigenvalue weighted by Crippen LogP contribution is -2.05. The molecule has 0 saturated heterocycles. The second kappa shape index (κ2) is 7.61. The van der Waals surface area contributed by atoms with E-state index in [4.69, 9.17) is 23.4 Å². The minimum atomic E-state index is -0.180. The number of rotatable bonds is 6. The van der Waals surface area contributed by atoms with Gasteiger partial charge in [0.2, 0.25) is 0 Å². The highest BCUT2D eigenvalue weighted by Gasteiger charge is 2.19. The summed E-state index contributed by atoms with van der Waals surface area (Å²) >= 11 is 0. The minimum absolute atomic E-state index is 0.180. The molecule has 0 N–H and O–H groups in total. The van der Waals surface area contributed by atoms with E-state index in [1.807, 2.05) is 13.0 Å². The lowest BCUT2D eigenvalue weighted by molar-refractivity contribution is 0.355. The standard InChI is InChI=1S/C21H22O6/c1-6-13-18(24-3)10-14-15(22)11-17(27-21(14)20(13)26-5)12-7-8-16(23-2)19(9-12)25-4/h7-11H,6H2,1-5H3. The number of hydrogen-bond acceptors (Lipinski definition) is 6. The van der Waals surface area contributed by atoms with E-state index in [0.717, 1.165) is 5.56 Å². The van der Waals surface area contributed by atoms with Gasteiger partial charge in [-0.15, -0.1) is 0 Å². The lowest BCUT2D eigenvalue weighted by Gasteiger charge is -2.15. The van der Waals surface area contributed by atoms with E-state index in [0.29, 0.717) is 51.7 Å². The molecule has 0 aliphatic rings. The van der Waals surface area contributed by atoms with Crippen LogP contribution in [0.4, 0.5) is 0 Å². The van der Waals surface area contributed by atoms with Crippen LogP contribution in [0.2, 0.25) is 0 Å². The van der Waals surface area contributed by atoms with Gasteiger partial charge < -0.3 is 23.4 Å². The average molecular weight is 370 g/mol. The molecule has 0 aliphatic carbocycles. The first-order valence-electron chi connectivity index (χ1n) is 8.52. The highest BCUT2D eigenvalue weighted by molar-refractivity contribution is 5.87. The number of hydrogen-bond donors (Lipinski definition) is 0. The molecule has 6 nitrogen and oxygen atoms in total. The summed E-state index contributed by atoms with van der Waals surface area (Å²) < 4.78 is 27.7. The second-order valence-electron chi connectivity index (χ2n) is 5.87. The van der Waals surface area contributed by atoms with Crippen LogP contribution >= 0.6 is 0 Å². The van der Waals surface area contributed by atoms with Crippen molar-refractivity contribution in [1.29, 1.82) is 0 Å². The predicted molar refractivity (Wildman–Crippen MR) is 104 cm³/mol. The maximum absolute atomic E-state index is 12.8. The fourth-order valence-electron chi connectivity index (χ4n) is 3.14. The molecule has 2 aromatic carbocycles. The Bertz CT molecular complexity index is 1040. The Hall–Kier alpha value is -3.15. The van der Waals surface area contributed by atoms with E-state index < -0.39 is 0 Å². The Kier molecular flexibility index (Phi) is 5.26. The molecule has 3 rings (SSSR count). The first kappa shape index (κ1) is 18.6. The van der Waals surface area contributed by atoms with Crippen LogP contribution < -0.4 is 24.4 Å². The second-order valence-corrected chi connectivity index (χ2v) is 5.87. The fraction of sp³-hybridized carbons (Fsp3) is 0.286. The average Bonchev–Trinajstić information content (AvgIpc) is 2.71. The van der Waals surface area contributed by atoms with Crippen LogP contribution in [0.5, 0.6) is 23.0 Å². The Morgan fingerprint density at radius 1 is 0.852 bits per heavy atom. The van der Waals surface area contributed by atoms with E-state index in [1.54, 1.807) is 46.6 Å². The molecule has 27 heavy (non-hydrogen) atoms. The van der Waals surface area contributed by atoms with Crippen molar-refractivity contribution in [1.82, 2.24) is 0 Å². The fourth-order valence-corrected chi connectivity index (χ4v) is 3.14. The number of fused-ring (bicyclic) bond motifs is 1. The van der Waals surface area contributed by atoms with Crippen LogP contribution in [0, 0.1) is 0 Å². The lowest BCUT2D eigenvalue weighted by atomic mass is 10.1. The van der Waals surface area contributed by atoms with Gasteiger partial charge in [0, 0.05) is 17.2 Å². The molecule has 0 atom stereocenters. The molecule has 0 fully saturated rings. The van der Waals surface area contributed by atoms with E-state index in [9.17, 15) is 4.79 Å². The summed E-state index contributed by atoms with van der Waals surface area (Å²) in [5, 5.41) is 0.408. The Balaban J connectivity index is 2.30. The number of benzene rings is 2. The number of methoxy groups -OCH3 is 4. The van der Waals surface area contributed by atoms with Crippen molar-refractivity contribution < 1.29 is 23.4 Å². The highest BCUT2D eigenvalue weighted by Crippen LogP contribution is 2.39. The molecule has 3 aromatic rings. The molecule has 142 valence electrons. The highest BCUT2D eigenvalue weighted by atomic mass is 16.5. The molecule has 1 aromatic heterocycles. The first-order chi connectivity index (χ1) is 13.1. The molecule has 0 spiro atoms. The molecule has 0 amide bonds. The van der Waals surface area contributed by atoms with Crippen LogP contribution in [0.3, 0.4) is 0 Å². The van der Waals surface area contributed by atoms with Gasteiger partial charge in [-0.1, -0.05) is 6.92 Å². The Morgan fingerprint density at radius 2 is 1.56 bits per heavy atom. The van der Waals surface area contributed by atoms with Crippen LogP contribution in [0.15, 0.2) is 39.5 Å². The van der Waals surface area contributed by atoms with Gasteiger partial charge in [0.15, 0.2) is 28.3 Å². The Labute approximate surface area is 157 Å². The van der Waals surface area contributed by atoms with Gasteiger partial charge in [0.05, 0.1) is 33.8 Å². The summed E-state index contributed by atoms with van der Waals surface area (Å²) in [5.74, 6) is 2.67. The molecular formula is C21H22O6. The summed E-state index contributed by atoms with van der Waals surface area (Å²) in [4.78, 5) is 12.8. The van der Waals surface area contributed by atoms with Gasteiger partial charge in [-0.3, -0.25) is 4.79 Å². The van der Waals surface area contributed by atoms with Crippen LogP contribution in [0.1, 0.15) is 12.5 Å². The third-order valence-electron chi connectivity index (χ3n) is 4.48. The van der Waals surface area contributed by atoms with Gasteiger partial charge in [0.1, 0.15) is 11.5 Å². The van der Waals surface area contributed by atoms with Crippen molar-refractivity contribution in [2.75, 3.05) is 28.4 Å². The van der Waals surface area contributed by atoms with E-state index >= 15 is 0 Å². The van der Waals surface area contributed by atoms with Gasteiger partial charge >= 0.3 is 0 Å². The van der Waals surface area contributed by atoms with Crippen LogP contribution in [-0.4, -0.2) is 28.4 Å². The molecule has 0 unspecified atom stereocenters. The van der Waals surface area contributed by atoms with Crippen LogP contribution in [0.25, 0.3) is 22.3 Å². The quantitative estimate of drug-likeness (QED) is 0.652. The van der Waals surface area contributed by atoms with Crippen molar-refractivity contribution in [3.8, 4) is 34.3 Å². The molecule has 0 saturated carbocycles. The topological polar surface area (TPSA) is 67.1 Å². The smallest absolute Gasteiger partial charge is 0.193 e. The maximum Gasteiger partial charge on any atom is 0.193 e. The molecular weight excluding hydrogens is 348 g/mol. The first-order valence-corrected chi connectivity index (χ1v) is 8.52. The van der Waals surface area contributed by atoms with Gasteiger partial charge in [0.25, 0.3) is 0 Å². The van der Waals surface area contributed by atoms with Crippen molar-refractivity contribution >= 4 is 11.0 Å². The third-order valence-corrected chi connectivity index (χ3v) is 4.48. The van der Waals surface area contributed by atoms with Crippen molar-refractivity contribution in [2.24, 2.45) is 0 Å². The van der Waals surface area contributed by atoms with E-state index in [1.165, 1.54) is 6.07 Å². The summed E-state index contributed by atoms with van der Waals surface area (Å²) in [6, 6.07) is 8.48.